The summed E-state index contributed by atoms with van der Waals surface area (Å²) in [5.41, 5.74) is 17.8. The Morgan fingerprint density at radius 1 is 0.338 bits per heavy atom. The van der Waals surface area contributed by atoms with Gasteiger partial charge in [-0.3, -0.25) is 0 Å². The van der Waals surface area contributed by atoms with Crippen LogP contribution in [0.3, 0.4) is 0 Å². The molecule has 1 aliphatic carbocycles. The van der Waals surface area contributed by atoms with Gasteiger partial charge >= 0.3 is 0 Å². The Hall–Kier alpha value is -8.92. The van der Waals surface area contributed by atoms with Crippen LogP contribution in [0.15, 0.2) is 258 Å². The van der Waals surface area contributed by atoms with E-state index in [1.807, 2.05) is 6.07 Å². The molecule has 0 saturated carbocycles. The minimum absolute atomic E-state index is 0.559. The summed E-state index contributed by atoms with van der Waals surface area (Å²) in [6, 6.07) is 90.0. The van der Waals surface area contributed by atoms with Crippen molar-refractivity contribution >= 4 is 71.7 Å². The highest BCUT2D eigenvalue weighted by Gasteiger charge is 2.46. The van der Waals surface area contributed by atoms with E-state index in [4.69, 9.17) is 8.83 Å². The molecule has 0 amide bonds. The molecule has 3 nitrogen and oxygen atoms in total. The first kappa shape index (κ1) is 38.4. The molecule has 2 heterocycles. The van der Waals surface area contributed by atoms with E-state index in [1.165, 1.54) is 44.2 Å². The summed E-state index contributed by atoms with van der Waals surface area (Å²) in [4.78, 5) is 2.44. The van der Waals surface area contributed by atoms with E-state index < -0.39 is 5.41 Å². The van der Waals surface area contributed by atoms with Crippen molar-refractivity contribution in [2.24, 2.45) is 0 Å². The quantitative estimate of drug-likeness (QED) is 0.160. The van der Waals surface area contributed by atoms with Crippen molar-refractivity contribution in [2.45, 2.75) is 5.41 Å². The van der Waals surface area contributed by atoms with Crippen molar-refractivity contribution in [3.8, 4) is 33.4 Å². The van der Waals surface area contributed by atoms with Crippen LogP contribution in [0.1, 0.15) is 22.3 Å². The zero-order chi connectivity index (χ0) is 44.8. The topological polar surface area (TPSA) is 29.5 Å². The maximum atomic E-state index is 7.08. The number of rotatable bonds is 7. The molecule has 0 saturated heterocycles. The van der Waals surface area contributed by atoms with E-state index in [0.717, 1.165) is 83.2 Å². The molecule has 0 atom stereocenters. The number of anilines is 3. The lowest BCUT2D eigenvalue weighted by molar-refractivity contribution is 0.664. The summed E-state index contributed by atoms with van der Waals surface area (Å²) in [6.07, 6.45) is 0. The van der Waals surface area contributed by atoms with Gasteiger partial charge in [0.1, 0.15) is 22.3 Å². The normalized spacial score (nSPS) is 12.8. The maximum absolute atomic E-state index is 7.08. The average Bonchev–Trinajstić information content (AvgIpc) is 4.06. The molecule has 1 aliphatic rings. The second kappa shape index (κ2) is 15.1. The number of hydrogen-bond donors (Lipinski definition) is 0. The first-order valence-corrected chi connectivity index (χ1v) is 23.3. The van der Waals surface area contributed by atoms with Crippen LogP contribution in [0.4, 0.5) is 17.1 Å². The molecule has 0 radical (unpaired) electrons. The van der Waals surface area contributed by atoms with Gasteiger partial charge < -0.3 is 13.7 Å². The smallest absolute Gasteiger partial charge is 0.144 e. The summed E-state index contributed by atoms with van der Waals surface area (Å²) in [6.45, 7) is 0. The predicted molar refractivity (Wildman–Crippen MR) is 281 cm³/mol. The zero-order valence-electron chi connectivity index (χ0n) is 36.9. The number of para-hydroxylation sites is 2. The van der Waals surface area contributed by atoms with Gasteiger partial charge in [-0.25, -0.2) is 0 Å². The number of fused-ring (bicyclic) bond motifs is 10. The van der Waals surface area contributed by atoms with E-state index in [0.29, 0.717) is 0 Å². The van der Waals surface area contributed by atoms with E-state index in [1.54, 1.807) is 0 Å². The Morgan fingerprint density at radius 3 is 1.76 bits per heavy atom. The SMILES string of the molecule is c1ccc(-c2ccccc2N(c2ccc3c(c2)C(c2ccccc2)(c2ccccc2)c2ccccc2-3)c2ccc3oc4c(-c5ccc6ccccc6c5)c5c(cc4c3c2)oc2ccccc25)cc1. The van der Waals surface area contributed by atoms with Gasteiger partial charge in [-0.15, -0.1) is 0 Å². The van der Waals surface area contributed by atoms with Crippen LogP contribution in [-0.2, 0) is 5.41 Å². The van der Waals surface area contributed by atoms with Gasteiger partial charge in [0.2, 0.25) is 0 Å². The molecule has 68 heavy (non-hydrogen) atoms. The van der Waals surface area contributed by atoms with Crippen molar-refractivity contribution in [1.82, 2.24) is 0 Å². The lowest BCUT2D eigenvalue weighted by atomic mass is 9.67. The highest BCUT2D eigenvalue weighted by Crippen LogP contribution is 2.58. The molecule has 3 heteroatoms. The molecule has 318 valence electrons. The number of benzene rings is 11. The maximum Gasteiger partial charge on any atom is 0.144 e. The van der Waals surface area contributed by atoms with Gasteiger partial charge in [0.25, 0.3) is 0 Å². The summed E-state index contributed by atoms with van der Waals surface area (Å²) in [5.74, 6) is 0. The van der Waals surface area contributed by atoms with Crippen molar-refractivity contribution in [1.29, 1.82) is 0 Å². The molecule has 0 spiro atoms. The summed E-state index contributed by atoms with van der Waals surface area (Å²) in [7, 11) is 0. The first-order valence-electron chi connectivity index (χ1n) is 23.3. The number of furan rings is 2. The third-order valence-corrected chi connectivity index (χ3v) is 14.3. The standard InChI is InChI=1S/C65H41NO2/c1-4-19-43(20-5-1)50-26-13-16-30-58(50)66(49-34-36-52-51-27-12-15-29-56(51)65(57(52)40-49,46-22-6-2-7-23-46)47-24-8-3-9-25-47)48-35-37-60-54(39-48)55-41-61-63(53-28-14-17-31-59(53)67-61)62(64(55)68-60)45-33-32-42-18-10-11-21-44(42)38-45/h1-41H. The van der Waals surface area contributed by atoms with Gasteiger partial charge in [0.15, 0.2) is 0 Å². The number of hydrogen-bond acceptors (Lipinski definition) is 3. The monoisotopic (exact) mass is 867 g/mol. The van der Waals surface area contributed by atoms with Crippen LogP contribution in [-0.4, -0.2) is 0 Å². The molecule has 0 bridgehead atoms. The highest BCUT2D eigenvalue weighted by atomic mass is 16.3. The van der Waals surface area contributed by atoms with Crippen LogP contribution in [0.5, 0.6) is 0 Å². The predicted octanol–water partition coefficient (Wildman–Crippen LogP) is 17.8. The van der Waals surface area contributed by atoms with Crippen molar-refractivity contribution in [2.75, 3.05) is 4.90 Å². The van der Waals surface area contributed by atoms with Gasteiger partial charge in [-0.2, -0.15) is 0 Å². The minimum atomic E-state index is -0.559. The van der Waals surface area contributed by atoms with Gasteiger partial charge in [0.05, 0.1) is 11.1 Å². The molecule has 2 aromatic heterocycles. The van der Waals surface area contributed by atoms with E-state index in [9.17, 15) is 0 Å². The minimum Gasteiger partial charge on any atom is -0.456 e. The van der Waals surface area contributed by atoms with Gasteiger partial charge in [0, 0.05) is 44.0 Å². The fraction of sp³-hybridized carbons (Fsp3) is 0.0154. The van der Waals surface area contributed by atoms with Crippen molar-refractivity contribution < 1.29 is 8.83 Å². The molecule has 0 N–H and O–H groups in total. The fourth-order valence-electron chi connectivity index (χ4n) is 11.4. The largest absolute Gasteiger partial charge is 0.456 e. The Morgan fingerprint density at radius 2 is 0.956 bits per heavy atom. The molecular weight excluding hydrogens is 827 g/mol. The second-order valence-electron chi connectivity index (χ2n) is 17.9. The molecule has 0 aliphatic heterocycles. The lowest BCUT2D eigenvalue weighted by Crippen LogP contribution is -2.28. The van der Waals surface area contributed by atoms with Crippen LogP contribution >= 0.6 is 0 Å². The highest BCUT2D eigenvalue weighted by molar-refractivity contribution is 6.24. The second-order valence-corrected chi connectivity index (χ2v) is 17.9. The van der Waals surface area contributed by atoms with Gasteiger partial charge in [-0.1, -0.05) is 194 Å². The summed E-state index contributed by atoms with van der Waals surface area (Å²) < 4.78 is 13.8. The van der Waals surface area contributed by atoms with E-state index >= 15 is 0 Å². The molecule has 13 aromatic rings. The molecule has 0 unspecified atom stereocenters. The lowest BCUT2D eigenvalue weighted by Gasteiger charge is -2.35. The molecule has 14 rings (SSSR count). The van der Waals surface area contributed by atoms with Crippen molar-refractivity contribution in [3.63, 3.8) is 0 Å². The Bertz CT molecular complexity index is 4050. The third kappa shape index (κ3) is 5.66. The van der Waals surface area contributed by atoms with Crippen LogP contribution in [0, 0.1) is 0 Å². The van der Waals surface area contributed by atoms with Crippen molar-refractivity contribution in [3.05, 3.63) is 271 Å². The van der Waals surface area contributed by atoms with Crippen LogP contribution in [0.2, 0.25) is 0 Å². The fourth-order valence-corrected chi connectivity index (χ4v) is 11.4. The Kier molecular flexibility index (Phi) is 8.50. The average molecular weight is 868 g/mol. The van der Waals surface area contributed by atoms with E-state index in [-0.39, 0.29) is 0 Å². The molecular formula is C65H41NO2. The van der Waals surface area contributed by atoms with Crippen LogP contribution in [0.25, 0.3) is 88.0 Å². The molecule has 11 aromatic carbocycles. The van der Waals surface area contributed by atoms with E-state index in [2.05, 4.69) is 248 Å². The number of nitrogens with zero attached hydrogens (tertiary/aromatic N) is 1. The Balaban J connectivity index is 1.05. The summed E-state index contributed by atoms with van der Waals surface area (Å²) in [5, 5.41) is 6.51. The zero-order valence-corrected chi connectivity index (χ0v) is 36.9. The first-order chi connectivity index (χ1) is 33.7. The molecule has 0 fully saturated rings. The Labute approximate surface area is 393 Å². The summed E-state index contributed by atoms with van der Waals surface area (Å²) >= 11 is 0. The third-order valence-electron chi connectivity index (χ3n) is 14.3. The van der Waals surface area contributed by atoms with Gasteiger partial charge in [-0.05, 0) is 110 Å². The van der Waals surface area contributed by atoms with Crippen LogP contribution < -0.4 is 4.90 Å².